The summed E-state index contributed by atoms with van der Waals surface area (Å²) in [5.41, 5.74) is -0.705. The Hall–Kier alpha value is -1.59. The Morgan fingerprint density at radius 1 is 1.31 bits per heavy atom. The van der Waals surface area contributed by atoms with Gasteiger partial charge in [0.15, 0.2) is 0 Å². The second-order valence-electron chi connectivity index (χ2n) is 4.44. The van der Waals surface area contributed by atoms with Gasteiger partial charge in [-0.05, 0) is 27.7 Å². The van der Waals surface area contributed by atoms with Crippen molar-refractivity contribution in [1.29, 1.82) is 0 Å². The molecule has 6 heteroatoms. The fourth-order valence-electron chi connectivity index (χ4n) is 0.937. The number of rotatable bonds is 4. The van der Waals surface area contributed by atoms with Crippen LogP contribution >= 0.6 is 0 Å². The topological polar surface area (TPSA) is 92.7 Å². The van der Waals surface area contributed by atoms with Crippen molar-refractivity contribution in [2.45, 2.75) is 45.8 Å². The van der Waals surface area contributed by atoms with E-state index >= 15 is 0 Å². The van der Waals surface area contributed by atoms with E-state index < -0.39 is 23.7 Å². The van der Waals surface area contributed by atoms with E-state index in [4.69, 9.17) is 9.84 Å². The van der Waals surface area contributed by atoms with Crippen LogP contribution < -0.4 is 5.32 Å². The molecule has 0 aliphatic carbocycles. The molecule has 0 saturated carbocycles. The van der Waals surface area contributed by atoms with Crippen molar-refractivity contribution in [2.75, 3.05) is 0 Å². The number of alkyl carbamates (subject to hydrolysis) is 1. The summed E-state index contributed by atoms with van der Waals surface area (Å²) < 4.78 is 4.88. The van der Waals surface area contributed by atoms with Gasteiger partial charge in [-0.15, -0.1) is 0 Å². The number of Topliss-reactive ketones (excluding diaryl/α,β-unsaturated/α-hetero) is 1. The van der Waals surface area contributed by atoms with Crippen molar-refractivity contribution in [3.8, 4) is 0 Å². The van der Waals surface area contributed by atoms with Gasteiger partial charge in [0.2, 0.25) is 0 Å². The number of carbonyl (C=O) groups excluding carboxylic acids is 2. The summed E-state index contributed by atoms with van der Waals surface area (Å²) in [6, 6.07) is -1.24. The molecule has 0 spiro atoms. The Balaban J connectivity index is 4.35. The third kappa shape index (κ3) is 6.80. The van der Waals surface area contributed by atoms with Gasteiger partial charge < -0.3 is 15.2 Å². The van der Waals surface area contributed by atoms with Crippen LogP contribution in [0.15, 0.2) is 0 Å². The number of ketones is 1. The molecule has 0 rings (SSSR count). The van der Waals surface area contributed by atoms with Crippen molar-refractivity contribution in [1.82, 2.24) is 5.32 Å². The molecule has 0 heterocycles. The summed E-state index contributed by atoms with van der Waals surface area (Å²) in [5.74, 6) is -1.58. The fourth-order valence-corrected chi connectivity index (χ4v) is 0.937. The lowest BCUT2D eigenvalue weighted by Gasteiger charge is -2.21. The Labute approximate surface area is 94.0 Å². The number of ether oxygens (including phenoxy) is 1. The molecular weight excluding hydrogens is 214 g/mol. The number of amides is 1. The molecule has 1 atom stereocenters. The molecule has 0 aliphatic rings. The maximum Gasteiger partial charge on any atom is 0.408 e. The predicted molar refractivity (Wildman–Crippen MR) is 56.1 cm³/mol. The van der Waals surface area contributed by atoms with Gasteiger partial charge >= 0.3 is 12.1 Å². The fraction of sp³-hybridized carbons (Fsp3) is 0.700. The number of carbonyl (C=O) groups is 3. The molecule has 0 aliphatic heterocycles. The van der Waals surface area contributed by atoms with Crippen LogP contribution in [-0.4, -0.2) is 34.6 Å². The smallest absolute Gasteiger partial charge is 0.408 e. The summed E-state index contributed by atoms with van der Waals surface area (Å²) in [4.78, 5) is 32.7. The van der Waals surface area contributed by atoms with E-state index in [1.807, 2.05) is 0 Å². The van der Waals surface area contributed by atoms with E-state index in [-0.39, 0.29) is 12.2 Å². The summed E-state index contributed by atoms with van der Waals surface area (Å²) in [6.45, 7) is 6.24. The second-order valence-corrected chi connectivity index (χ2v) is 4.44. The van der Waals surface area contributed by atoms with Gasteiger partial charge in [-0.25, -0.2) is 9.59 Å². The first-order valence-electron chi connectivity index (χ1n) is 4.83. The minimum atomic E-state index is -1.26. The zero-order chi connectivity index (χ0) is 12.9. The third-order valence-corrected chi connectivity index (χ3v) is 1.48. The Morgan fingerprint density at radius 3 is 2.12 bits per heavy atom. The lowest BCUT2D eigenvalue weighted by atomic mass is 10.1. The lowest BCUT2D eigenvalue weighted by molar-refractivity contribution is -0.141. The van der Waals surface area contributed by atoms with E-state index in [9.17, 15) is 14.4 Å². The third-order valence-electron chi connectivity index (χ3n) is 1.48. The molecule has 92 valence electrons. The molecule has 2 N–H and O–H groups in total. The zero-order valence-corrected chi connectivity index (χ0v) is 9.86. The molecule has 0 aromatic heterocycles. The predicted octanol–water partition coefficient (Wildman–Crippen LogP) is 0.943. The van der Waals surface area contributed by atoms with E-state index in [1.165, 1.54) is 6.92 Å². The highest BCUT2D eigenvalue weighted by Crippen LogP contribution is 2.07. The van der Waals surface area contributed by atoms with Crippen LogP contribution in [0, 0.1) is 0 Å². The van der Waals surface area contributed by atoms with Crippen LogP contribution in [0.3, 0.4) is 0 Å². The lowest BCUT2D eigenvalue weighted by Crippen LogP contribution is -2.44. The molecule has 16 heavy (non-hydrogen) atoms. The number of hydrogen-bond donors (Lipinski definition) is 2. The molecule has 0 bridgehead atoms. The standard InChI is InChI=1S/C10H17NO5/c1-6(12)5-7(8(13)14)11-9(15)16-10(2,3)4/h7H,5H2,1-4H3,(H,11,15)(H,13,14)/t7-/m1/s1. The maximum atomic E-state index is 11.2. The second kappa shape index (κ2) is 5.48. The quantitative estimate of drug-likeness (QED) is 0.751. The molecule has 0 radical (unpaired) electrons. The minimum absolute atomic E-state index is 0.255. The molecule has 6 nitrogen and oxygen atoms in total. The number of nitrogens with one attached hydrogen (secondary N) is 1. The monoisotopic (exact) mass is 231 g/mol. The molecule has 0 fully saturated rings. The first-order chi connectivity index (χ1) is 7.11. The zero-order valence-electron chi connectivity index (χ0n) is 9.86. The average molecular weight is 231 g/mol. The normalized spacial score (nSPS) is 12.8. The van der Waals surface area contributed by atoms with Gasteiger partial charge in [0.05, 0.1) is 0 Å². The molecular formula is C10H17NO5. The summed E-state index contributed by atoms with van der Waals surface area (Å²) in [5, 5.41) is 10.9. The van der Waals surface area contributed by atoms with Gasteiger partial charge in [0.1, 0.15) is 17.4 Å². The Morgan fingerprint density at radius 2 is 1.81 bits per heavy atom. The SMILES string of the molecule is CC(=O)C[C@@H](NC(=O)OC(C)(C)C)C(=O)O. The van der Waals surface area contributed by atoms with Gasteiger partial charge in [0.25, 0.3) is 0 Å². The highest BCUT2D eigenvalue weighted by atomic mass is 16.6. The van der Waals surface area contributed by atoms with Gasteiger partial charge in [-0.2, -0.15) is 0 Å². The number of aliphatic carboxylic acids is 1. The van der Waals surface area contributed by atoms with Gasteiger partial charge in [-0.3, -0.25) is 4.79 Å². The number of carboxylic acids is 1. The first kappa shape index (κ1) is 14.4. The number of hydrogen-bond acceptors (Lipinski definition) is 4. The molecule has 0 unspecified atom stereocenters. The Kier molecular flexibility index (Phi) is 4.94. The summed E-state index contributed by atoms with van der Waals surface area (Å²) in [7, 11) is 0. The van der Waals surface area contributed by atoms with E-state index in [1.54, 1.807) is 20.8 Å². The largest absolute Gasteiger partial charge is 0.480 e. The van der Waals surface area contributed by atoms with Crippen molar-refractivity contribution in [3.63, 3.8) is 0 Å². The summed E-state index contributed by atoms with van der Waals surface area (Å²) in [6.07, 6.45) is -1.10. The molecule has 1 amide bonds. The van der Waals surface area contributed by atoms with Crippen molar-refractivity contribution < 1.29 is 24.2 Å². The van der Waals surface area contributed by atoms with E-state index in [2.05, 4.69) is 5.32 Å². The minimum Gasteiger partial charge on any atom is -0.480 e. The van der Waals surface area contributed by atoms with Crippen LogP contribution in [0.1, 0.15) is 34.1 Å². The van der Waals surface area contributed by atoms with Crippen LogP contribution in [0.4, 0.5) is 4.79 Å². The summed E-state index contributed by atoms with van der Waals surface area (Å²) >= 11 is 0. The van der Waals surface area contributed by atoms with E-state index in [0.717, 1.165) is 0 Å². The Bertz CT molecular complexity index is 292. The van der Waals surface area contributed by atoms with Crippen molar-refractivity contribution in [2.24, 2.45) is 0 Å². The number of carboxylic acid groups (broad SMARTS) is 1. The van der Waals surface area contributed by atoms with Crippen molar-refractivity contribution >= 4 is 17.8 Å². The van der Waals surface area contributed by atoms with Crippen LogP contribution in [0.5, 0.6) is 0 Å². The van der Waals surface area contributed by atoms with Crippen LogP contribution in [0.25, 0.3) is 0 Å². The molecule has 0 saturated heterocycles. The first-order valence-corrected chi connectivity index (χ1v) is 4.83. The average Bonchev–Trinajstić information content (AvgIpc) is 1.97. The van der Waals surface area contributed by atoms with Gasteiger partial charge in [-0.1, -0.05) is 0 Å². The highest BCUT2D eigenvalue weighted by Gasteiger charge is 2.24. The van der Waals surface area contributed by atoms with Crippen LogP contribution in [-0.2, 0) is 14.3 Å². The van der Waals surface area contributed by atoms with E-state index in [0.29, 0.717) is 0 Å². The molecule has 0 aromatic carbocycles. The highest BCUT2D eigenvalue weighted by molar-refractivity contribution is 5.87. The van der Waals surface area contributed by atoms with Crippen molar-refractivity contribution in [3.05, 3.63) is 0 Å². The van der Waals surface area contributed by atoms with Gasteiger partial charge in [0, 0.05) is 6.42 Å². The van der Waals surface area contributed by atoms with Crippen LogP contribution in [0.2, 0.25) is 0 Å². The maximum absolute atomic E-state index is 11.2. The molecule has 0 aromatic rings.